The highest BCUT2D eigenvalue weighted by Gasteiger charge is 2.48. The number of halogens is 1. The summed E-state index contributed by atoms with van der Waals surface area (Å²) in [6, 6.07) is 5.66. The van der Waals surface area contributed by atoms with Gasteiger partial charge in [-0.1, -0.05) is 48.1 Å². The van der Waals surface area contributed by atoms with Crippen LogP contribution in [0.4, 0.5) is 0 Å². The Hall–Kier alpha value is -2.40. The zero-order valence-corrected chi connectivity index (χ0v) is 17.5. The van der Waals surface area contributed by atoms with Crippen LogP contribution in [0.2, 0.25) is 0 Å². The molecule has 144 valence electrons. The lowest BCUT2D eigenvalue weighted by atomic mass is 9.87. The quantitative estimate of drug-likeness (QED) is 0.343. The lowest BCUT2D eigenvalue weighted by Crippen LogP contribution is -2.14. The van der Waals surface area contributed by atoms with E-state index in [0.717, 1.165) is 39.2 Å². The van der Waals surface area contributed by atoms with Crippen LogP contribution in [0.3, 0.4) is 0 Å². The van der Waals surface area contributed by atoms with Crippen molar-refractivity contribution in [3.63, 3.8) is 0 Å². The van der Waals surface area contributed by atoms with Crippen molar-refractivity contribution in [2.24, 2.45) is 5.92 Å². The van der Waals surface area contributed by atoms with Crippen molar-refractivity contribution in [2.75, 3.05) is 0 Å². The number of hydrogen-bond acceptors (Lipinski definition) is 4. The molecule has 4 nitrogen and oxygen atoms in total. The molecule has 1 saturated carbocycles. The average molecular weight is 441 g/mol. The Kier molecular flexibility index (Phi) is 4.66. The van der Waals surface area contributed by atoms with E-state index in [1.165, 1.54) is 6.08 Å². The molecule has 2 bridgehead atoms. The molecular weight excluding hydrogens is 420 g/mol. The van der Waals surface area contributed by atoms with Crippen molar-refractivity contribution in [1.29, 1.82) is 0 Å². The molecule has 0 N–H and O–H groups in total. The summed E-state index contributed by atoms with van der Waals surface area (Å²) in [4.78, 5) is 24.5. The van der Waals surface area contributed by atoms with Crippen LogP contribution in [-0.4, -0.2) is 11.9 Å². The highest BCUT2D eigenvalue weighted by atomic mass is 79.9. The van der Waals surface area contributed by atoms with Gasteiger partial charge in [-0.25, -0.2) is 9.59 Å². The minimum Gasteiger partial charge on any atom is -0.422 e. The Morgan fingerprint density at radius 2 is 1.79 bits per heavy atom. The Bertz CT molecular complexity index is 1050. The second-order valence-electron chi connectivity index (χ2n) is 7.59. The molecule has 3 unspecified atom stereocenters. The van der Waals surface area contributed by atoms with Crippen LogP contribution in [0.1, 0.15) is 49.7 Å². The van der Waals surface area contributed by atoms with Crippen LogP contribution in [0.5, 0.6) is 11.5 Å². The number of benzene rings is 2. The SMILES string of the molecule is C=CC(=O)Oc1c2c(c(OC(=O)C(=C)C)c3c(Br)cccc13)C1CCC2C1C. The van der Waals surface area contributed by atoms with Gasteiger partial charge in [0.2, 0.25) is 0 Å². The molecule has 5 heteroatoms. The summed E-state index contributed by atoms with van der Waals surface area (Å²) >= 11 is 3.59. The van der Waals surface area contributed by atoms with Crippen LogP contribution in [0.15, 0.2) is 47.5 Å². The predicted molar refractivity (Wildman–Crippen MR) is 112 cm³/mol. The third-order valence-corrected chi connectivity index (χ3v) is 6.64. The van der Waals surface area contributed by atoms with Gasteiger partial charge in [0.25, 0.3) is 0 Å². The van der Waals surface area contributed by atoms with Gasteiger partial charge in [-0.05, 0) is 43.6 Å². The molecule has 3 atom stereocenters. The minimum atomic E-state index is -0.495. The Morgan fingerprint density at radius 1 is 1.14 bits per heavy atom. The number of rotatable bonds is 4. The van der Waals surface area contributed by atoms with Gasteiger partial charge in [-0.3, -0.25) is 0 Å². The van der Waals surface area contributed by atoms with Crippen molar-refractivity contribution in [3.05, 3.63) is 58.6 Å². The van der Waals surface area contributed by atoms with E-state index in [9.17, 15) is 9.59 Å². The van der Waals surface area contributed by atoms with Gasteiger partial charge in [-0.2, -0.15) is 0 Å². The molecule has 0 aromatic heterocycles. The number of hydrogen-bond donors (Lipinski definition) is 0. The fourth-order valence-electron chi connectivity index (χ4n) is 4.72. The van der Waals surface area contributed by atoms with Crippen LogP contribution in [-0.2, 0) is 9.59 Å². The lowest BCUT2D eigenvalue weighted by Gasteiger charge is -2.24. The fourth-order valence-corrected chi connectivity index (χ4v) is 5.27. The summed E-state index contributed by atoms with van der Waals surface area (Å²) in [7, 11) is 0. The molecule has 0 spiro atoms. The predicted octanol–water partition coefficient (Wildman–Crippen LogP) is 5.79. The number of fused-ring (bicyclic) bond motifs is 6. The molecule has 28 heavy (non-hydrogen) atoms. The first-order chi connectivity index (χ1) is 13.3. The van der Waals surface area contributed by atoms with Crippen LogP contribution >= 0.6 is 15.9 Å². The van der Waals surface area contributed by atoms with Crippen LogP contribution in [0, 0.1) is 5.92 Å². The topological polar surface area (TPSA) is 52.6 Å². The van der Waals surface area contributed by atoms with E-state index in [1.807, 2.05) is 18.2 Å². The maximum absolute atomic E-state index is 12.4. The third kappa shape index (κ3) is 2.72. The second kappa shape index (κ2) is 6.89. The maximum atomic E-state index is 12.4. The van der Waals surface area contributed by atoms with Crippen molar-refractivity contribution < 1.29 is 19.1 Å². The van der Waals surface area contributed by atoms with Crippen LogP contribution < -0.4 is 9.47 Å². The highest BCUT2D eigenvalue weighted by Crippen LogP contribution is 2.64. The standard InChI is InChI=1S/C23H21BrO4/c1-5-17(25)27-21-15-7-6-8-16(24)18(15)22(28-23(26)11(2)3)20-14-10-9-13(12(14)4)19(20)21/h5-8,12-14H,1-2,9-10H2,3-4H3. The molecule has 1 fully saturated rings. The summed E-state index contributed by atoms with van der Waals surface area (Å²) in [5.74, 6) is 1.11. The summed E-state index contributed by atoms with van der Waals surface area (Å²) in [5.41, 5.74) is 2.32. The molecule has 2 aliphatic carbocycles. The lowest BCUT2D eigenvalue weighted by molar-refractivity contribution is -0.130. The van der Waals surface area contributed by atoms with Crippen molar-refractivity contribution >= 4 is 38.6 Å². The molecule has 0 amide bonds. The minimum absolute atomic E-state index is 0.269. The Balaban J connectivity index is 2.08. The maximum Gasteiger partial charge on any atom is 0.338 e. The normalized spacial score (nSPS) is 22.0. The van der Waals surface area contributed by atoms with E-state index in [1.54, 1.807) is 6.92 Å². The molecule has 2 aliphatic rings. The second-order valence-corrected chi connectivity index (χ2v) is 8.45. The third-order valence-electron chi connectivity index (χ3n) is 5.98. The first-order valence-electron chi connectivity index (χ1n) is 9.35. The molecule has 2 aromatic carbocycles. The molecule has 0 radical (unpaired) electrons. The van der Waals surface area contributed by atoms with Gasteiger partial charge in [0.1, 0.15) is 11.5 Å². The number of carbonyl (C=O) groups is 2. The summed E-state index contributed by atoms with van der Waals surface area (Å²) < 4.78 is 12.4. The Morgan fingerprint density at radius 3 is 2.39 bits per heavy atom. The molecular formula is C23H21BrO4. The summed E-state index contributed by atoms with van der Waals surface area (Å²) in [6.45, 7) is 11.1. The first-order valence-corrected chi connectivity index (χ1v) is 10.1. The number of carbonyl (C=O) groups excluding carboxylic acids is 2. The van der Waals surface area contributed by atoms with E-state index in [-0.39, 0.29) is 11.8 Å². The monoisotopic (exact) mass is 440 g/mol. The fraction of sp³-hybridized carbons (Fsp3) is 0.304. The van der Waals surface area contributed by atoms with Crippen molar-refractivity contribution in [1.82, 2.24) is 0 Å². The highest BCUT2D eigenvalue weighted by molar-refractivity contribution is 9.10. The Labute approximate surface area is 172 Å². The zero-order valence-electron chi connectivity index (χ0n) is 15.9. The van der Waals surface area contributed by atoms with Gasteiger partial charge in [-0.15, -0.1) is 0 Å². The van der Waals surface area contributed by atoms with Crippen molar-refractivity contribution in [2.45, 2.75) is 38.5 Å². The molecule has 4 rings (SSSR count). The van der Waals surface area contributed by atoms with E-state index in [2.05, 4.69) is 36.0 Å². The molecule has 0 heterocycles. The average Bonchev–Trinajstić information content (AvgIpc) is 3.16. The van der Waals surface area contributed by atoms with Crippen molar-refractivity contribution in [3.8, 4) is 11.5 Å². The molecule has 2 aromatic rings. The molecule has 0 aliphatic heterocycles. The van der Waals surface area contributed by atoms with Gasteiger partial charge < -0.3 is 9.47 Å². The van der Waals surface area contributed by atoms with Gasteiger partial charge >= 0.3 is 11.9 Å². The van der Waals surface area contributed by atoms with Gasteiger partial charge in [0, 0.05) is 38.0 Å². The first kappa shape index (κ1) is 18.9. The van der Waals surface area contributed by atoms with E-state index in [4.69, 9.17) is 9.47 Å². The number of esters is 2. The van der Waals surface area contributed by atoms with E-state index in [0.29, 0.717) is 23.0 Å². The molecule has 0 saturated heterocycles. The zero-order chi connectivity index (χ0) is 20.2. The largest absolute Gasteiger partial charge is 0.422 e. The van der Waals surface area contributed by atoms with Crippen LogP contribution in [0.25, 0.3) is 10.8 Å². The van der Waals surface area contributed by atoms with E-state index >= 15 is 0 Å². The summed E-state index contributed by atoms with van der Waals surface area (Å²) in [5, 5.41) is 1.48. The van der Waals surface area contributed by atoms with Gasteiger partial charge in [0.15, 0.2) is 0 Å². The number of ether oxygens (including phenoxy) is 2. The van der Waals surface area contributed by atoms with E-state index < -0.39 is 11.9 Å². The summed E-state index contributed by atoms with van der Waals surface area (Å²) in [6.07, 6.45) is 3.23. The smallest absolute Gasteiger partial charge is 0.338 e. The van der Waals surface area contributed by atoms with Gasteiger partial charge in [0.05, 0.1) is 0 Å².